The number of carboxylic acid groups (broad SMARTS) is 1. The minimum absolute atomic E-state index is 0.0697. The third kappa shape index (κ3) is 6.19. The van der Waals surface area contributed by atoms with Gasteiger partial charge in [-0.05, 0) is 59.7 Å². The Kier molecular flexibility index (Phi) is 8.15. The van der Waals surface area contributed by atoms with E-state index >= 15 is 0 Å². The summed E-state index contributed by atoms with van der Waals surface area (Å²) in [6.45, 7) is -0.985. The Balaban J connectivity index is 1.49. The molecule has 4 rings (SSSR count). The first-order valence-corrected chi connectivity index (χ1v) is 11.4. The second kappa shape index (κ2) is 11.7. The molecule has 0 amide bonds. The zero-order valence-corrected chi connectivity index (χ0v) is 20.1. The number of nitrogens with zero attached hydrogens (tertiary/aromatic N) is 1. The normalized spacial score (nSPS) is 12.1. The van der Waals surface area contributed by atoms with Gasteiger partial charge < -0.3 is 19.3 Å². The molecule has 36 heavy (non-hydrogen) atoms. The van der Waals surface area contributed by atoms with Crippen molar-refractivity contribution in [2.45, 2.75) is 6.10 Å². The molecule has 1 aromatic heterocycles. The molecule has 0 spiro atoms. The average molecular weight is 508 g/mol. The van der Waals surface area contributed by atoms with Gasteiger partial charge in [0.1, 0.15) is 29.8 Å². The van der Waals surface area contributed by atoms with Crippen molar-refractivity contribution in [3.05, 3.63) is 100 Å². The fourth-order valence-electron chi connectivity index (χ4n) is 3.66. The molecule has 1 N–H and O–H groups in total. The van der Waals surface area contributed by atoms with Gasteiger partial charge >= 0.3 is 5.97 Å². The molecule has 0 aliphatic carbocycles. The summed E-state index contributed by atoms with van der Waals surface area (Å²) in [4.78, 5) is 16.2. The molecule has 6 nitrogen and oxygen atoms in total. The average Bonchev–Trinajstić information content (AvgIpc) is 2.88. The van der Waals surface area contributed by atoms with E-state index in [-0.39, 0.29) is 23.7 Å². The maximum atomic E-state index is 12.4. The number of alkyl halides is 1. The smallest absolute Gasteiger partial charge is 0.339 e. The van der Waals surface area contributed by atoms with Crippen molar-refractivity contribution >= 4 is 40.6 Å². The van der Waals surface area contributed by atoms with Crippen LogP contribution < -0.4 is 9.47 Å². The summed E-state index contributed by atoms with van der Waals surface area (Å²) in [5, 5.41) is 11.1. The summed E-state index contributed by atoms with van der Waals surface area (Å²) >= 11 is 6.08. The highest BCUT2D eigenvalue weighted by molar-refractivity contribution is 6.31. The lowest BCUT2D eigenvalue weighted by Gasteiger charge is -2.18. The van der Waals surface area contributed by atoms with E-state index in [9.17, 15) is 14.3 Å². The quantitative estimate of drug-likeness (QED) is 0.253. The van der Waals surface area contributed by atoms with Gasteiger partial charge in [0.2, 0.25) is 6.86 Å². The standard InChI is InChI=1S/C28H23ClFNO5/c1-34-27(16-35-26-12-11-23(36-17-30)15-24(26)28(32)33)20-4-2-3-18(13-20)5-9-22-10-7-19-6-8-21(29)14-25(19)31-22/h2-15,27H,16-17H2,1H3,(H,32,33)/b9-5+. The number of halogens is 2. The van der Waals surface area contributed by atoms with Crippen LogP contribution >= 0.6 is 11.6 Å². The van der Waals surface area contributed by atoms with Crippen LogP contribution in [0.4, 0.5) is 4.39 Å². The Morgan fingerprint density at radius 3 is 2.67 bits per heavy atom. The van der Waals surface area contributed by atoms with E-state index < -0.39 is 18.9 Å². The first-order valence-electron chi connectivity index (χ1n) is 11.0. The zero-order valence-electron chi connectivity index (χ0n) is 19.4. The number of hydrogen-bond donors (Lipinski definition) is 1. The minimum Gasteiger partial charge on any atom is -0.490 e. The van der Waals surface area contributed by atoms with E-state index in [1.165, 1.54) is 18.2 Å². The van der Waals surface area contributed by atoms with Crippen LogP contribution in [0.5, 0.6) is 11.5 Å². The second-order valence-corrected chi connectivity index (χ2v) is 8.26. The molecule has 0 aliphatic rings. The van der Waals surface area contributed by atoms with Crippen LogP contribution in [0.25, 0.3) is 23.1 Å². The van der Waals surface area contributed by atoms with Crippen molar-refractivity contribution in [2.75, 3.05) is 20.6 Å². The molecule has 1 atom stereocenters. The fraction of sp³-hybridized carbons (Fsp3) is 0.143. The number of methoxy groups -OCH3 is 1. The molecular weight excluding hydrogens is 485 g/mol. The lowest BCUT2D eigenvalue weighted by Crippen LogP contribution is -2.14. The van der Waals surface area contributed by atoms with Gasteiger partial charge in [-0.2, -0.15) is 0 Å². The minimum atomic E-state index is -1.21. The van der Waals surface area contributed by atoms with Gasteiger partial charge in [-0.1, -0.05) is 48.0 Å². The molecular formula is C28H23ClFNO5. The number of aromatic carboxylic acids is 1. The van der Waals surface area contributed by atoms with Gasteiger partial charge in [0, 0.05) is 17.5 Å². The molecule has 0 bridgehead atoms. The predicted octanol–water partition coefficient (Wildman–Crippen LogP) is 6.83. The van der Waals surface area contributed by atoms with E-state index in [1.807, 2.05) is 66.7 Å². The highest BCUT2D eigenvalue weighted by atomic mass is 35.5. The lowest BCUT2D eigenvalue weighted by molar-refractivity contribution is 0.0552. The van der Waals surface area contributed by atoms with Crippen molar-refractivity contribution in [3.63, 3.8) is 0 Å². The van der Waals surface area contributed by atoms with Gasteiger partial charge in [0.05, 0.1) is 11.2 Å². The van der Waals surface area contributed by atoms with E-state index in [0.29, 0.717) is 5.02 Å². The Morgan fingerprint density at radius 2 is 1.89 bits per heavy atom. The topological polar surface area (TPSA) is 77.9 Å². The molecule has 184 valence electrons. The number of benzene rings is 3. The molecule has 0 saturated carbocycles. The van der Waals surface area contributed by atoms with Crippen molar-refractivity contribution in [1.29, 1.82) is 0 Å². The molecule has 0 aliphatic heterocycles. The summed E-state index contributed by atoms with van der Waals surface area (Å²) in [6.07, 6.45) is 3.41. The number of pyridine rings is 1. The van der Waals surface area contributed by atoms with Gasteiger partial charge in [0.25, 0.3) is 0 Å². The highest BCUT2D eigenvalue weighted by Gasteiger charge is 2.17. The molecule has 1 heterocycles. The second-order valence-electron chi connectivity index (χ2n) is 7.83. The molecule has 4 aromatic rings. The molecule has 0 saturated heterocycles. The van der Waals surface area contributed by atoms with Crippen LogP contribution in [0, 0.1) is 0 Å². The largest absolute Gasteiger partial charge is 0.490 e. The third-order valence-electron chi connectivity index (χ3n) is 5.48. The van der Waals surface area contributed by atoms with Crippen LogP contribution in [0.1, 0.15) is 33.3 Å². The van der Waals surface area contributed by atoms with Crippen molar-refractivity contribution in [1.82, 2.24) is 4.98 Å². The van der Waals surface area contributed by atoms with Crippen molar-refractivity contribution in [3.8, 4) is 11.5 Å². The SMILES string of the molecule is COC(COc1ccc(OCF)cc1C(=O)O)c1cccc(/C=C/c2ccc3ccc(Cl)cc3n2)c1. The maximum Gasteiger partial charge on any atom is 0.339 e. The van der Waals surface area contributed by atoms with Gasteiger partial charge in [-0.3, -0.25) is 0 Å². The van der Waals surface area contributed by atoms with Crippen LogP contribution in [0.2, 0.25) is 5.02 Å². The maximum absolute atomic E-state index is 12.4. The van der Waals surface area contributed by atoms with E-state index in [0.717, 1.165) is 27.7 Å². The van der Waals surface area contributed by atoms with Crippen molar-refractivity contribution in [2.24, 2.45) is 0 Å². The lowest BCUT2D eigenvalue weighted by atomic mass is 10.1. The number of fused-ring (bicyclic) bond motifs is 1. The van der Waals surface area contributed by atoms with E-state index in [1.54, 1.807) is 7.11 Å². The molecule has 0 radical (unpaired) electrons. The Bertz CT molecular complexity index is 1410. The summed E-state index contributed by atoms with van der Waals surface area (Å²) in [5.41, 5.74) is 3.27. The Labute approximate surface area is 212 Å². The van der Waals surface area contributed by atoms with Crippen LogP contribution in [0.3, 0.4) is 0 Å². The van der Waals surface area contributed by atoms with E-state index in [4.69, 9.17) is 25.8 Å². The summed E-state index contributed by atoms with van der Waals surface area (Å²) in [6, 6.07) is 21.4. The summed E-state index contributed by atoms with van der Waals surface area (Å²) in [5.74, 6) is -0.969. The predicted molar refractivity (Wildman–Crippen MR) is 137 cm³/mol. The zero-order chi connectivity index (χ0) is 25.5. The van der Waals surface area contributed by atoms with Crippen molar-refractivity contribution < 1.29 is 28.5 Å². The van der Waals surface area contributed by atoms with Crippen LogP contribution in [0.15, 0.2) is 72.8 Å². The Hall–Kier alpha value is -3.94. The fourth-order valence-corrected chi connectivity index (χ4v) is 3.83. The number of carbonyl (C=O) groups is 1. The monoisotopic (exact) mass is 507 g/mol. The number of ether oxygens (including phenoxy) is 3. The summed E-state index contributed by atoms with van der Waals surface area (Å²) in [7, 11) is 1.55. The third-order valence-corrected chi connectivity index (χ3v) is 5.72. The molecule has 8 heteroatoms. The summed E-state index contributed by atoms with van der Waals surface area (Å²) < 4.78 is 28.5. The number of hydrogen-bond acceptors (Lipinski definition) is 5. The van der Waals surface area contributed by atoms with Gasteiger partial charge in [-0.25, -0.2) is 14.2 Å². The van der Waals surface area contributed by atoms with E-state index in [2.05, 4.69) is 4.98 Å². The van der Waals surface area contributed by atoms with Gasteiger partial charge in [-0.15, -0.1) is 0 Å². The number of aromatic nitrogens is 1. The first-order chi connectivity index (χ1) is 17.5. The van der Waals surface area contributed by atoms with Crippen LogP contribution in [-0.2, 0) is 4.74 Å². The Morgan fingerprint density at radius 1 is 1.06 bits per heavy atom. The highest BCUT2D eigenvalue weighted by Crippen LogP contribution is 2.27. The number of carboxylic acids is 1. The molecule has 1 unspecified atom stereocenters. The first kappa shape index (κ1) is 25.2. The molecule has 0 fully saturated rings. The number of rotatable bonds is 10. The van der Waals surface area contributed by atoms with Crippen LogP contribution in [-0.4, -0.2) is 36.6 Å². The molecule has 3 aromatic carbocycles. The van der Waals surface area contributed by atoms with Gasteiger partial charge in [0.15, 0.2) is 0 Å².